The summed E-state index contributed by atoms with van der Waals surface area (Å²) in [7, 11) is 5.04. The van der Waals surface area contributed by atoms with E-state index in [4.69, 9.17) is 14.5 Å². The number of carbonyl (C=O) groups is 1. The summed E-state index contributed by atoms with van der Waals surface area (Å²) in [5, 5.41) is 11.2. The maximum Gasteiger partial charge on any atom is 0.229 e. The first-order chi connectivity index (χ1) is 17.4. The number of amides is 1. The third kappa shape index (κ3) is 4.76. The van der Waals surface area contributed by atoms with Crippen LogP contribution in [0.25, 0.3) is 10.9 Å². The summed E-state index contributed by atoms with van der Waals surface area (Å²) in [5.74, 6) is 2.31. The Morgan fingerprint density at radius 1 is 1.08 bits per heavy atom. The van der Waals surface area contributed by atoms with E-state index < -0.39 is 0 Å². The van der Waals surface area contributed by atoms with E-state index in [1.807, 2.05) is 30.1 Å². The second kappa shape index (κ2) is 9.84. The molecule has 3 aromatic rings. The number of aromatic nitrogens is 2. The maximum absolute atomic E-state index is 13.8. The molecule has 1 aliphatic heterocycles. The highest BCUT2D eigenvalue weighted by Crippen LogP contribution is 2.47. The summed E-state index contributed by atoms with van der Waals surface area (Å²) in [4.78, 5) is 26.9. The second-order valence-corrected chi connectivity index (χ2v) is 10.1. The summed E-state index contributed by atoms with van der Waals surface area (Å²) in [6.45, 7) is 1.94. The number of piperidine rings is 1. The van der Waals surface area contributed by atoms with Crippen molar-refractivity contribution in [3.8, 4) is 17.4 Å². The molecule has 1 N–H and O–H groups in total. The SMILES string of the molecule is COc1cc2nc(N3CCC(CC4CC4)(C(=O)N(C)Cc4ccccc4)CC3)nc(O)c2cc1OC. The van der Waals surface area contributed by atoms with Gasteiger partial charge in [0.1, 0.15) is 0 Å². The molecule has 1 saturated carbocycles. The van der Waals surface area contributed by atoms with Crippen molar-refractivity contribution >= 4 is 22.8 Å². The first-order valence-corrected chi connectivity index (χ1v) is 12.6. The van der Waals surface area contributed by atoms with E-state index in [1.54, 1.807) is 26.4 Å². The van der Waals surface area contributed by atoms with E-state index in [9.17, 15) is 9.90 Å². The first-order valence-electron chi connectivity index (χ1n) is 12.6. The minimum atomic E-state index is -0.364. The van der Waals surface area contributed by atoms with Gasteiger partial charge in [-0.05, 0) is 36.8 Å². The zero-order chi connectivity index (χ0) is 25.3. The predicted molar refractivity (Wildman–Crippen MR) is 138 cm³/mol. The van der Waals surface area contributed by atoms with Crippen LogP contribution in [-0.4, -0.2) is 60.2 Å². The van der Waals surface area contributed by atoms with Crippen molar-refractivity contribution in [1.29, 1.82) is 0 Å². The molecule has 36 heavy (non-hydrogen) atoms. The van der Waals surface area contributed by atoms with E-state index in [2.05, 4.69) is 22.0 Å². The average Bonchev–Trinajstić information content (AvgIpc) is 3.72. The van der Waals surface area contributed by atoms with Gasteiger partial charge < -0.3 is 24.4 Å². The maximum atomic E-state index is 13.8. The molecule has 2 aromatic carbocycles. The smallest absolute Gasteiger partial charge is 0.229 e. The Kier molecular flexibility index (Phi) is 6.60. The van der Waals surface area contributed by atoms with Gasteiger partial charge in [-0.25, -0.2) is 4.98 Å². The largest absolute Gasteiger partial charge is 0.493 e. The fraction of sp³-hybridized carbons (Fsp3) is 0.464. The standard InChI is InChI=1S/C28H34N4O4/c1-31(18-20-7-5-4-6-8-20)26(34)28(17-19-9-10-19)11-13-32(14-12-28)27-29-22-16-24(36-3)23(35-2)15-21(22)25(33)30-27/h4-8,15-16,19H,9-14,17-18H2,1-3H3,(H,29,30,33). The molecule has 0 unspecified atom stereocenters. The topological polar surface area (TPSA) is 88.0 Å². The number of methoxy groups -OCH3 is 2. The summed E-state index contributed by atoms with van der Waals surface area (Å²) < 4.78 is 10.8. The molecule has 2 heterocycles. The zero-order valence-corrected chi connectivity index (χ0v) is 21.2. The fourth-order valence-electron chi connectivity index (χ4n) is 5.42. The van der Waals surface area contributed by atoms with Crippen molar-refractivity contribution in [2.24, 2.45) is 11.3 Å². The molecule has 0 spiro atoms. The molecule has 1 saturated heterocycles. The second-order valence-electron chi connectivity index (χ2n) is 10.1. The van der Waals surface area contributed by atoms with Gasteiger partial charge in [-0.1, -0.05) is 43.2 Å². The molecule has 0 atom stereocenters. The molecule has 1 aliphatic carbocycles. The molecule has 190 valence electrons. The summed E-state index contributed by atoms with van der Waals surface area (Å²) in [5.41, 5.74) is 1.36. The minimum Gasteiger partial charge on any atom is -0.493 e. The summed E-state index contributed by atoms with van der Waals surface area (Å²) in [6, 6.07) is 13.6. The van der Waals surface area contributed by atoms with Gasteiger partial charge >= 0.3 is 0 Å². The van der Waals surface area contributed by atoms with Crippen LogP contribution in [0.3, 0.4) is 0 Å². The van der Waals surface area contributed by atoms with E-state index in [0.29, 0.717) is 53.9 Å². The number of hydrogen-bond acceptors (Lipinski definition) is 7. The number of aromatic hydroxyl groups is 1. The molecule has 8 nitrogen and oxygen atoms in total. The molecule has 2 aliphatic rings. The zero-order valence-electron chi connectivity index (χ0n) is 21.2. The molecule has 8 heteroatoms. The highest BCUT2D eigenvalue weighted by molar-refractivity contribution is 5.88. The van der Waals surface area contributed by atoms with Gasteiger partial charge in [-0.3, -0.25) is 4.79 Å². The number of benzene rings is 2. The quantitative estimate of drug-likeness (QED) is 0.501. The Morgan fingerprint density at radius 3 is 2.39 bits per heavy atom. The van der Waals surface area contributed by atoms with Crippen LogP contribution in [0.2, 0.25) is 0 Å². The van der Waals surface area contributed by atoms with E-state index in [-0.39, 0.29) is 17.2 Å². The van der Waals surface area contributed by atoms with Gasteiger partial charge in [-0.2, -0.15) is 4.98 Å². The molecule has 0 radical (unpaired) electrons. The van der Waals surface area contributed by atoms with Gasteiger partial charge in [0.2, 0.25) is 17.7 Å². The average molecular weight is 491 g/mol. The van der Waals surface area contributed by atoms with E-state index >= 15 is 0 Å². The Labute approximate surface area is 211 Å². The summed E-state index contributed by atoms with van der Waals surface area (Å²) in [6.07, 6.45) is 4.87. The van der Waals surface area contributed by atoms with Crippen molar-refractivity contribution in [3.63, 3.8) is 0 Å². The van der Waals surface area contributed by atoms with Crippen LogP contribution in [-0.2, 0) is 11.3 Å². The number of nitrogens with zero attached hydrogens (tertiary/aromatic N) is 4. The van der Waals surface area contributed by atoms with Crippen molar-refractivity contribution in [2.75, 3.05) is 39.3 Å². The van der Waals surface area contributed by atoms with Crippen LogP contribution in [0.4, 0.5) is 5.95 Å². The number of rotatable bonds is 8. The van der Waals surface area contributed by atoms with Crippen molar-refractivity contribution in [3.05, 3.63) is 48.0 Å². The normalized spacial score (nSPS) is 17.1. The molecular formula is C28H34N4O4. The summed E-state index contributed by atoms with van der Waals surface area (Å²) >= 11 is 0. The lowest BCUT2D eigenvalue weighted by molar-refractivity contribution is -0.143. The molecule has 1 amide bonds. The minimum absolute atomic E-state index is 0.0931. The lowest BCUT2D eigenvalue weighted by Crippen LogP contribution is -2.49. The van der Waals surface area contributed by atoms with Crippen LogP contribution < -0.4 is 14.4 Å². The van der Waals surface area contributed by atoms with E-state index in [0.717, 1.165) is 24.8 Å². The fourth-order valence-corrected chi connectivity index (χ4v) is 5.42. The Morgan fingerprint density at radius 2 is 1.75 bits per heavy atom. The first kappa shape index (κ1) is 24.2. The Bertz CT molecular complexity index is 1240. The van der Waals surface area contributed by atoms with Gasteiger partial charge in [0.05, 0.1) is 30.5 Å². The number of fused-ring (bicyclic) bond motifs is 1. The highest BCUT2D eigenvalue weighted by atomic mass is 16.5. The van der Waals surface area contributed by atoms with Crippen molar-refractivity contribution < 1.29 is 19.4 Å². The van der Waals surface area contributed by atoms with Crippen LogP contribution in [0.1, 0.15) is 37.7 Å². The molecule has 2 fully saturated rings. The van der Waals surface area contributed by atoms with Gasteiger partial charge in [0.25, 0.3) is 0 Å². The monoisotopic (exact) mass is 490 g/mol. The number of anilines is 1. The number of carbonyl (C=O) groups excluding carboxylic acids is 1. The van der Waals surface area contributed by atoms with Crippen molar-refractivity contribution in [1.82, 2.24) is 14.9 Å². The number of ether oxygens (including phenoxy) is 2. The lowest BCUT2D eigenvalue weighted by atomic mass is 9.73. The molecular weight excluding hydrogens is 456 g/mol. The Balaban J connectivity index is 1.36. The third-order valence-corrected chi connectivity index (χ3v) is 7.61. The molecule has 1 aromatic heterocycles. The van der Waals surface area contributed by atoms with Crippen LogP contribution in [0, 0.1) is 11.3 Å². The highest BCUT2D eigenvalue weighted by Gasteiger charge is 2.46. The number of hydrogen-bond donors (Lipinski definition) is 1. The van der Waals surface area contributed by atoms with Crippen molar-refractivity contribution in [2.45, 2.75) is 38.6 Å². The van der Waals surface area contributed by atoms with Crippen LogP contribution in [0.5, 0.6) is 17.4 Å². The predicted octanol–water partition coefficient (Wildman–Crippen LogP) is 4.40. The van der Waals surface area contributed by atoms with E-state index in [1.165, 1.54) is 12.8 Å². The van der Waals surface area contributed by atoms with Crippen LogP contribution >= 0.6 is 0 Å². The molecule has 0 bridgehead atoms. The Hall–Kier alpha value is -3.55. The van der Waals surface area contributed by atoms with Gasteiger partial charge in [0, 0.05) is 32.7 Å². The lowest BCUT2D eigenvalue weighted by Gasteiger charge is -2.43. The van der Waals surface area contributed by atoms with Crippen LogP contribution in [0.15, 0.2) is 42.5 Å². The van der Waals surface area contributed by atoms with Gasteiger partial charge in [-0.15, -0.1) is 0 Å². The molecule has 5 rings (SSSR count). The third-order valence-electron chi connectivity index (χ3n) is 7.61. The van der Waals surface area contributed by atoms with Gasteiger partial charge in [0.15, 0.2) is 11.5 Å².